The molecule has 1 N–H and O–H groups in total. The number of esters is 2. The number of phenolic OH excluding ortho intramolecular Hbond substituents is 1. The van der Waals surface area contributed by atoms with Crippen LogP contribution < -0.4 is 9.47 Å². The van der Waals surface area contributed by atoms with E-state index in [2.05, 4.69) is 0 Å². The van der Waals surface area contributed by atoms with Gasteiger partial charge in [0.1, 0.15) is 5.75 Å². The zero-order valence-corrected chi connectivity index (χ0v) is 10.2. The number of aromatic hydroxyl groups is 1. The van der Waals surface area contributed by atoms with Gasteiger partial charge in [0.05, 0.1) is 0 Å². The summed E-state index contributed by atoms with van der Waals surface area (Å²) >= 11 is 0. The van der Waals surface area contributed by atoms with Crippen LogP contribution in [-0.4, -0.2) is 17.0 Å². The number of rotatable bonds is 2. The highest BCUT2D eigenvalue weighted by Gasteiger charge is 2.18. The Morgan fingerprint density at radius 3 is 2.00 bits per heavy atom. The Bertz CT molecular complexity index is 476. The van der Waals surface area contributed by atoms with Crippen molar-refractivity contribution in [2.75, 3.05) is 0 Å². The van der Waals surface area contributed by atoms with Gasteiger partial charge in [-0.25, -0.2) is 0 Å². The second kappa shape index (κ2) is 4.86. The summed E-state index contributed by atoms with van der Waals surface area (Å²) in [5, 5.41) is 9.62. The molecule has 1 aromatic carbocycles. The third-order valence-corrected chi connectivity index (χ3v) is 2.13. The molecule has 0 saturated heterocycles. The standard InChI is InChI=1S/C12H14O5/c1-6-5-10(15)7(2)12(17-9(4)14)11(6)16-8(3)13/h5,15H,1-4H3. The predicted molar refractivity (Wildman–Crippen MR) is 60.2 cm³/mol. The Morgan fingerprint density at radius 2 is 1.53 bits per heavy atom. The molecule has 0 unspecified atom stereocenters. The molecule has 0 bridgehead atoms. The number of carbonyl (C=O) groups excluding carboxylic acids is 2. The van der Waals surface area contributed by atoms with Crippen LogP contribution in [0.25, 0.3) is 0 Å². The fourth-order valence-corrected chi connectivity index (χ4v) is 1.38. The Balaban J connectivity index is 3.38. The maximum Gasteiger partial charge on any atom is 0.308 e. The number of aryl methyl sites for hydroxylation is 1. The quantitative estimate of drug-likeness (QED) is 0.628. The Labute approximate surface area is 99.0 Å². The van der Waals surface area contributed by atoms with Crippen molar-refractivity contribution in [1.29, 1.82) is 0 Å². The first-order chi connectivity index (χ1) is 7.82. The van der Waals surface area contributed by atoms with Crippen molar-refractivity contribution >= 4 is 11.9 Å². The first kappa shape index (κ1) is 13.0. The fraction of sp³-hybridized carbons (Fsp3) is 0.333. The minimum atomic E-state index is -0.550. The van der Waals surface area contributed by atoms with E-state index in [0.717, 1.165) is 0 Å². The molecule has 0 fully saturated rings. The van der Waals surface area contributed by atoms with Gasteiger partial charge in [-0.1, -0.05) is 0 Å². The van der Waals surface area contributed by atoms with E-state index in [1.165, 1.54) is 19.9 Å². The van der Waals surface area contributed by atoms with Crippen LogP contribution in [0, 0.1) is 13.8 Å². The van der Waals surface area contributed by atoms with E-state index in [9.17, 15) is 14.7 Å². The van der Waals surface area contributed by atoms with Gasteiger partial charge in [0.25, 0.3) is 0 Å². The van der Waals surface area contributed by atoms with Gasteiger partial charge in [0.2, 0.25) is 0 Å². The summed E-state index contributed by atoms with van der Waals surface area (Å²) in [7, 11) is 0. The first-order valence-electron chi connectivity index (χ1n) is 5.03. The predicted octanol–water partition coefficient (Wildman–Crippen LogP) is 1.86. The van der Waals surface area contributed by atoms with Gasteiger partial charge < -0.3 is 14.6 Å². The normalized spacial score (nSPS) is 9.88. The lowest BCUT2D eigenvalue weighted by Gasteiger charge is -2.14. The minimum absolute atomic E-state index is 0.0188. The van der Waals surface area contributed by atoms with Crippen LogP contribution in [0.3, 0.4) is 0 Å². The first-order valence-corrected chi connectivity index (χ1v) is 5.03. The highest BCUT2D eigenvalue weighted by atomic mass is 16.6. The maximum absolute atomic E-state index is 11.0. The molecule has 0 aromatic heterocycles. The number of hydrogen-bond acceptors (Lipinski definition) is 5. The van der Waals surface area contributed by atoms with E-state index >= 15 is 0 Å². The lowest BCUT2D eigenvalue weighted by atomic mass is 10.1. The molecule has 1 rings (SSSR count). The molecule has 5 nitrogen and oxygen atoms in total. The second-order valence-corrected chi connectivity index (χ2v) is 3.68. The Morgan fingerprint density at radius 1 is 1.06 bits per heavy atom. The van der Waals surface area contributed by atoms with Crippen molar-refractivity contribution < 1.29 is 24.2 Å². The number of phenols is 1. The topological polar surface area (TPSA) is 72.8 Å². The van der Waals surface area contributed by atoms with Crippen LogP contribution in [0.15, 0.2) is 6.07 Å². The number of hydrogen-bond donors (Lipinski definition) is 1. The smallest absolute Gasteiger partial charge is 0.308 e. The van der Waals surface area contributed by atoms with Crippen molar-refractivity contribution in [2.45, 2.75) is 27.7 Å². The molecule has 0 aliphatic rings. The monoisotopic (exact) mass is 238 g/mol. The highest BCUT2D eigenvalue weighted by Crippen LogP contribution is 2.39. The molecule has 0 heterocycles. The molecule has 0 radical (unpaired) electrons. The molecule has 0 aliphatic heterocycles. The number of carbonyl (C=O) groups is 2. The van der Waals surface area contributed by atoms with Gasteiger partial charge in [-0.2, -0.15) is 0 Å². The summed E-state index contributed by atoms with van der Waals surface area (Å²) < 4.78 is 9.95. The zero-order valence-electron chi connectivity index (χ0n) is 10.2. The van der Waals surface area contributed by atoms with Crippen molar-refractivity contribution in [3.8, 4) is 17.2 Å². The third-order valence-electron chi connectivity index (χ3n) is 2.13. The van der Waals surface area contributed by atoms with E-state index in [1.54, 1.807) is 13.8 Å². The summed E-state index contributed by atoms with van der Waals surface area (Å²) in [5.41, 5.74) is 0.863. The van der Waals surface area contributed by atoms with Crippen molar-refractivity contribution in [3.05, 3.63) is 17.2 Å². The van der Waals surface area contributed by atoms with E-state index < -0.39 is 11.9 Å². The van der Waals surface area contributed by atoms with Crippen LogP contribution in [0.5, 0.6) is 17.2 Å². The molecular formula is C12H14O5. The van der Waals surface area contributed by atoms with Crippen molar-refractivity contribution in [3.63, 3.8) is 0 Å². The molecule has 0 atom stereocenters. The van der Waals surface area contributed by atoms with Crippen molar-refractivity contribution in [1.82, 2.24) is 0 Å². The van der Waals surface area contributed by atoms with Crippen LogP contribution in [0.2, 0.25) is 0 Å². The molecule has 1 aromatic rings. The van der Waals surface area contributed by atoms with Crippen LogP contribution in [0.4, 0.5) is 0 Å². The Hall–Kier alpha value is -2.04. The van der Waals surface area contributed by atoms with Crippen LogP contribution in [-0.2, 0) is 9.59 Å². The molecule has 0 amide bonds. The summed E-state index contributed by atoms with van der Waals surface area (Å²) in [6.07, 6.45) is 0. The largest absolute Gasteiger partial charge is 0.508 e. The second-order valence-electron chi connectivity index (χ2n) is 3.68. The molecule has 0 saturated carbocycles. The zero-order chi connectivity index (χ0) is 13.2. The van der Waals surface area contributed by atoms with E-state index in [4.69, 9.17) is 9.47 Å². The number of benzene rings is 1. The molecule has 5 heteroatoms. The molecular weight excluding hydrogens is 224 g/mol. The molecule has 92 valence electrons. The number of ether oxygens (including phenoxy) is 2. The van der Waals surface area contributed by atoms with Gasteiger partial charge >= 0.3 is 11.9 Å². The van der Waals surface area contributed by atoms with Gasteiger partial charge in [-0.05, 0) is 25.5 Å². The van der Waals surface area contributed by atoms with Gasteiger partial charge in [-0.3, -0.25) is 9.59 Å². The van der Waals surface area contributed by atoms with Gasteiger partial charge in [0.15, 0.2) is 11.5 Å². The average Bonchev–Trinajstić information content (AvgIpc) is 2.19. The summed E-state index contributed by atoms with van der Waals surface area (Å²) in [6, 6.07) is 1.45. The van der Waals surface area contributed by atoms with Crippen LogP contribution >= 0.6 is 0 Å². The van der Waals surface area contributed by atoms with E-state index in [0.29, 0.717) is 11.1 Å². The minimum Gasteiger partial charge on any atom is -0.508 e. The maximum atomic E-state index is 11.0. The summed E-state index contributed by atoms with van der Waals surface area (Å²) in [5.74, 6) is -0.860. The molecule has 0 aliphatic carbocycles. The lowest BCUT2D eigenvalue weighted by molar-refractivity contribution is -0.134. The van der Waals surface area contributed by atoms with Crippen LogP contribution in [0.1, 0.15) is 25.0 Å². The van der Waals surface area contributed by atoms with E-state index in [1.807, 2.05) is 0 Å². The van der Waals surface area contributed by atoms with Gasteiger partial charge in [-0.15, -0.1) is 0 Å². The lowest BCUT2D eigenvalue weighted by Crippen LogP contribution is -2.09. The average molecular weight is 238 g/mol. The van der Waals surface area contributed by atoms with Crippen molar-refractivity contribution in [2.24, 2.45) is 0 Å². The third kappa shape index (κ3) is 2.96. The summed E-state index contributed by atoms with van der Waals surface area (Å²) in [6.45, 7) is 5.69. The molecule has 0 spiro atoms. The van der Waals surface area contributed by atoms with E-state index in [-0.39, 0.29) is 17.2 Å². The molecule has 17 heavy (non-hydrogen) atoms. The fourth-order valence-electron chi connectivity index (χ4n) is 1.38. The summed E-state index contributed by atoms with van der Waals surface area (Å²) in [4.78, 5) is 22.0. The Kier molecular flexibility index (Phi) is 3.73. The highest BCUT2D eigenvalue weighted by molar-refractivity contribution is 5.76. The SMILES string of the molecule is CC(=O)Oc1c(C)cc(O)c(C)c1OC(C)=O. The van der Waals surface area contributed by atoms with Gasteiger partial charge in [0, 0.05) is 19.4 Å².